The van der Waals surface area contributed by atoms with Gasteiger partial charge in [0.05, 0.1) is 0 Å². The molecule has 0 aromatic carbocycles. The first-order valence-electron chi connectivity index (χ1n) is 30.8. The van der Waals surface area contributed by atoms with Crippen molar-refractivity contribution in [2.75, 3.05) is 13.2 Å². The molecule has 0 spiro atoms. The van der Waals surface area contributed by atoms with E-state index in [2.05, 4.69) is 45.1 Å². The van der Waals surface area contributed by atoms with Crippen LogP contribution in [-0.4, -0.2) is 37.2 Å². The maximum Gasteiger partial charge on any atom is 0.306 e. The maximum atomic E-state index is 12.9. The van der Waals surface area contributed by atoms with Gasteiger partial charge in [-0.15, -0.1) is 0 Å². The van der Waals surface area contributed by atoms with E-state index in [1.807, 2.05) is 0 Å². The van der Waals surface area contributed by atoms with E-state index in [0.717, 1.165) is 64.2 Å². The molecule has 0 fully saturated rings. The molecule has 0 unspecified atom stereocenters. The minimum atomic E-state index is -0.773. The number of hydrogen-bond donors (Lipinski definition) is 0. The molecule has 406 valence electrons. The molecule has 0 saturated carbocycles. The molecule has 0 aromatic heterocycles. The Morgan fingerprint density at radius 2 is 0.478 bits per heavy atom. The number of ether oxygens (including phenoxy) is 3. The van der Waals surface area contributed by atoms with Crippen LogP contribution in [0.15, 0.2) is 24.3 Å². The minimum Gasteiger partial charge on any atom is -0.462 e. The molecule has 0 aliphatic carbocycles. The highest BCUT2D eigenvalue weighted by atomic mass is 16.6. The third-order valence-electron chi connectivity index (χ3n) is 13.9. The van der Waals surface area contributed by atoms with Crippen LogP contribution >= 0.6 is 0 Å². The van der Waals surface area contributed by atoms with Crippen LogP contribution in [0, 0.1) is 0 Å². The van der Waals surface area contributed by atoms with E-state index in [-0.39, 0.29) is 31.1 Å². The summed E-state index contributed by atoms with van der Waals surface area (Å²) in [4.78, 5) is 38.2. The van der Waals surface area contributed by atoms with Gasteiger partial charge < -0.3 is 14.2 Å². The van der Waals surface area contributed by atoms with E-state index < -0.39 is 6.10 Å². The molecule has 0 aliphatic heterocycles. The summed E-state index contributed by atoms with van der Waals surface area (Å²) in [5, 5.41) is 0. The lowest BCUT2D eigenvalue weighted by Gasteiger charge is -2.18. The highest BCUT2D eigenvalue weighted by molar-refractivity contribution is 5.71. The number of allylic oxidation sites excluding steroid dienone is 4. The van der Waals surface area contributed by atoms with Crippen LogP contribution in [0.3, 0.4) is 0 Å². The van der Waals surface area contributed by atoms with E-state index in [1.54, 1.807) is 0 Å². The van der Waals surface area contributed by atoms with Crippen LogP contribution in [0.4, 0.5) is 0 Å². The summed E-state index contributed by atoms with van der Waals surface area (Å²) < 4.78 is 16.9. The van der Waals surface area contributed by atoms with Crippen molar-refractivity contribution in [2.24, 2.45) is 0 Å². The second-order valence-electron chi connectivity index (χ2n) is 21.0. The Labute approximate surface area is 430 Å². The van der Waals surface area contributed by atoms with Crippen molar-refractivity contribution in [3.05, 3.63) is 24.3 Å². The zero-order valence-corrected chi connectivity index (χ0v) is 46.6. The van der Waals surface area contributed by atoms with E-state index in [1.165, 1.54) is 238 Å². The van der Waals surface area contributed by atoms with Gasteiger partial charge in [0.2, 0.25) is 0 Å². The first-order valence-corrected chi connectivity index (χ1v) is 30.8. The van der Waals surface area contributed by atoms with Crippen LogP contribution in [-0.2, 0) is 28.6 Å². The predicted molar refractivity (Wildman–Crippen MR) is 298 cm³/mol. The number of esters is 3. The maximum absolute atomic E-state index is 12.9. The molecule has 0 saturated heterocycles. The fourth-order valence-electron chi connectivity index (χ4n) is 9.26. The molecule has 0 aromatic rings. The summed E-state index contributed by atoms with van der Waals surface area (Å²) in [7, 11) is 0. The van der Waals surface area contributed by atoms with Crippen LogP contribution in [0.1, 0.15) is 342 Å². The highest BCUT2D eigenvalue weighted by Crippen LogP contribution is 2.17. The smallest absolute Gasteiger partial charge is 0.306 e. The van der Waals surface area contributed by atoms with Crippen molar-refractivity contribution in [3.8, 4) is 0 Å². The van der Waals surface area contributed by atoms with Gasteiger partial charge in [0.25, 0.3) is 0 Å². The molecule has 0 radical (unpaired) electrons. The summed E-state index contributed by atoms with van der Waals surface area (Å²) in [6.45, 7) is 6.67. The fourth-order valence-corrected chi connectivity index (χ4v) is 9.26. The molecular formula is C63H118O6. The molecule has 0 bridgehead atoms. The van der Waals surface area contributed by atoms with Gasteiger partial charge in [-0.2, -0.15) is 0 Å². The number of unbranched alkanes of at least 4 members (excludes halogenated alkanes) is 42. The molecule has 0 aliphatic rings. The second-order valence-corrected chi connectivity index (χ2v) is 21.0. The summed E-state index contributed by atoms with van der Waals surface area (Å²) in [6, 6.07) is 0. The molecule has 0 amide bonds. The molecule has 1 atom stereocenters. The quantitative estimate of drug-likeness (QED) is 0.0261. The van der Waals surface area contributed by atoms with Crippen LogP contribution in [0.2, 0.25) is 0 Å². The van der Waals surface area contributed by atoms with Crippen molar-refractivity contribution in [3.63, 3.8) is 0 Å². The molecule has 69 heavy (non-hydrogen) atoms. The molecule has 6 nitrogen and oxygen atoms in total. The van der Waals surface area contributed by atoms with Crippen molar-refractivity contribution in [1.82, 2.24) is 0 Å². The standard InChI is InChI=1S/C63H118O6/c1-4-7-10-13-16-19-22-25-28-29-30-31-32-33-36-39-42-45-48-51-54-57-63(66)69-60(58-67-61(64)55-52-49-46-43-40-37-34-26-23-20-17-14-11-8-5-2)59-68-62(65)56-53-50-47-44-41-38-35-27-24-21-18-15-12-9-6-3/h20,23,27,35,60H,4-19,21-22,24-26,28-34,36-59H2,1-3H3/b23-20-,35-27-/t60-/m0/s1. The van der Waals surface area contributed by atoms with Crippen LogP contribution in [0.25, 0.3) is 0 Å². The molecular weight excluding hydrogens is 853 g/mol. The number of carbonyl (C=O) groups is 3. The zero-order chi connectivity index (χ0) is 50.0. The second kappa shape index (κ2) is 58.5. The lowest BCUT2D eigenvalue weighted by molar-refractivity contribution is -0.167. The highest BCUT2D eigenvalue weighted by Gasteiger charge is 2.19. The zero-order valence-electron chi connectivity index (χ0n) is 46.6. The van der Waals surface area contributed by atoms with Crippen molar-refractivity contribution >= 4 is 17.9 Å². The van der Waals surface area contributed by atoms with Crippen LogP contribution < -0.4 is 0 Å². The van der Waals surface area contributed by atoms with Gasteiger partial charge in [0, 0.05) is 19.3 Å². The van der Waals surface area contributed by atoms with Gasteiger partial charge in [0.1, 0.15) is 13.2 Å². The Kier molecular flexibility index (Phi) is 56.7. The summed E-state index contributed by atoms with van der Waals surface area (Å²) in [6.07, 6.45) is 68.9. The minimum absolute atomic E-state index is 0.0717. The monoisotopic (exact) mass is 971 g/mol. The van der Waals surface area contributed by atoms with Gasteiger partial charge in [0.15, 0.2) is 6.10 Å². The largest absolute Gasteiger partial charge is 0.462 e. The third kappa shape index (κ3) is 56.7. The van der Waals surface area contributed by atoms with E-state index in [0.29, 0.717) is 19.3 Å². The average Bonchev–Trinajstić information content (AvgIpc) is 3.35. The fraction of sp³-hybridized carbons (Fsp3) is 0.889. The molecule has 6 heteroatoms. The SMILES string of the molecule is CCCCCC/C=C\CCCCCCCCCC(=O)OC[C@@H](COC(=O)CCCCCCC/C=C\CCCCCCCC)OC(=O)CCCCCCCCCCCCCCCCCCCCCCC. The van der Waals surface area contributed by atoms with Gasteiger partial charge in [-0.3, -0.25) is 14.4 Å². The Morgan fingerprint density at radius 1 is 0.275 bits per heavy atom. The molecule has 0 rings (SSSR count). The molecule has 0 heterocycles. The normalized spacial score (nSPS) is 12.1. The first kappa shape index (κ1) is 66.9. The van der Waals surface area contributed by atoms with E-state index >= 15 is 0 Å². The molecule has 0 N–H and O–H groups in total. The van der Waals surface area contributed by atoms with E-state index in [4.69, 9.17) is 14.2 Å². The summed E-state index contributed by atoms with van der Waals surface area (Å²) in [5.74, 6) is -0.860. The Morgan fingerprint density at radius 3 is 0.739 bits per heavy atom. The number of hydrogen-bond acceptors (Lipinski definition) is 6. The third-order valence-corrected chi connectivity index (χ3v) is 13.9. The van der Waals surface area contributed by atoms with Gasteiger partial charge in [-0.05, 0) is 70.6 Å². The van der Waals surface area contributed by atoms with Crippen molar-refractivity contribution in [2.45, 2.75) is 348 Å². The topological polar surface area (TPSA) is 78.9 Å². The van der Waals surface area contributed by atoms with Crippen LogP contribution in [0.5, 0.6) is 0 Å². The predicted octanol–water partition coefficient (Wildman–Crippen LogP) is 20.7. The average molecular weight is 972 g/mol. The number of carbonyl (C=O) groups excluding carboxylic acids is 3. The lowest BCUT2D eigenvalue weighted by atomic mass is 10.0. The summed E-state index contributed by atoms with van der Waals surface area (Å²) >= 11 is 0. The Balaban J connectivity index is 4.31. The van der Waals surface area contributed by atoms with Gasteiger partial charge >= 0.3 is 17.9 Å². The van der Waals surface area contributed by atoms with Crippen molar-refractivity contribution in [1.29, 1.82) is 0 Å². The van der Waals surface area contributed by atoms with Gasteiger partial charge in [-0.25, -0.2) is 0 Å². The Bertz CT molecular complexity index is 1110. The van der Waals surface area contributed by atoms with E-state index in [9.17, 15) is 14.4 Å². The van der Waals surface area contributed by atoms with Gasteiger partial charge in [-0.1, -0.05) is 276 Å². The Hall–Kier alpha value is -2.11. The summed E-state index contributed by atoms with van der Waals surface area (Å²) in [5.41, 5.74) is 0. The van der Waals surface area contributed by atoms with Crippen molar-refractivity contribution < 1.29 is 28.6 Å². The number of rotatable bonds is 57. The first-order chi connectivity index (χ1) is 34.0. The lowest BCUT2D eigenvalue weighted by Crippen LogP contribution is -2.30.